The largest absolute Gasteiger partial charge is 0.488 e. The number of halogens is 3. The molecule has 1 aliphatic heterocycles. The molecule has 2 N–H and O–H groups in total. The monoisotopic (exact) mass is 541 g/mol. The van der Waals surface area contributed by atoms with Crippen LogP contribution in [-0.4, -0.2) is 78.3 Å². The number of hydrogen-bond acceptors (Lipinski definition) is 5. The number of carbonyl (C=O) groups excluding carboxylic acids is 2. The average Bonchev–Trinajstić information content (AvgIpc) is 2.90. The summed E-state index contributed by atoms with van der Waals surface area (Å²) in [6, 6.07) is 4.49. The van der Waals surface area contributed by atoms with Gasteiger partial charge in [-0.05, 0) is 50.9 Å². The third kappa shape index (κ3) is 9.15. The molecule has 2 aliphatic rings. The first-order valence-corrected chi connectivity index (χ1v) is 13.7. The van der Waals surface area contributed by atoms with Gasteiger partial charge in [-0.15, -0.1) is 0 Å². The Balaban J connectivity index is 1.81. The van der Waals surface area contributed by atoms with Crippen LogP contribution in [0, 0.1) is 11.8 Å². The Labute approximate surface area is 223 Å². The zero-order valence-corrected chi connectivity index (χ0v) is 22.7. The highest BCUT2D eigenvalue weighted by Crippen LogP contribution is 2.30. The molecule has 1 aromatic carbocycles. The van der Waals surface area contributed by atoms with E-state index in [-0.39, 0.29) is 37.0 Å². The molecule has 2 amide bonds. The summed E-state index contributed by atoms with van der Waals surface area (Å²) in [5.41, 5.74) is 0.861. The van der Waals surface area contributed by atoms with Gasteiger partial charge in [-0.3, -0.25) is 9.59 Å². The first-order chi connectivity index (χ1) is 17.9. The van der Waals surface area contributed by atoms with Gasteiger partial charge in [-0.2, -0.15) is 13.2 Å². The summed E-state index contributed by atoms with van der Waals surface area (Å²) in [5, 5.41) is 12.3. The van der Waals surface area contributed by atoms with E-state index in [4.69, 9.17) is 4.74 Å². The Kier molecular flexibility index (Phi) is 10.8. The van der Waals surface area contributed by atoms with Crippen LogP contribution in [0.15, 0.2) is 18.2 Å². The maximum absolute atomic E-state index is 13.3. The predicted molar refractivity (Wildman–Crippen MR) is 140 cm³/mol. The summed E-state index contributed by atoms with van der Waals surface area (Å²) in [6.45, 7) is 5.75. The lowest BCUT2D eigenvalue weighted by Gasteiger charge is -2.35. The van der Waals surface area contributed by atoms with Gasteiger partial charge in [0.15, 0.2) is 0 Å². The minimum absolute atomic E-state index is 0.0106. The van der Waals surface area contributed by atoms with Gasteiger partial charge in [0.2, 0.25) is 11.8 Å². The zero-order valence-electron chi connectivity index (χ0n) is 22.7. The number of carbonyl (C=O) groups is 2. The summed E-state index contributed by atoms with van der Waals surface area (Å²) >= 11 is 0. The molecule has 3 atom stereocenters. The standard InChI is InChI=1S/C28H42F3N3O4/c1-19-15-34(20(2)18-35)27(37)14-22-13-23(32-26(36)11-12-28(29,30)31)9-10-24(22)38-25(19)17-33(3)16-21-7-5-4-6-8-21/h9-10,13,19-21,25,35H,4-8,11-12,14-18H2,1-3H3,(H,32,36)/t19-,20+,25-/m1/s1. The number of aliphatic hydroxyl groups is 1. The molecule has 1 saturated carbocycles. The van der Waals surface area contributed by atoms with Crippen molar-refractivity contribution in [3.63, 3.8) is 0 Å². The van der Waals surface area contributed by atoms with Crippen LogP contribution < -0.4 is 10.1 Å². The van der Waals surface area contributed by atoms with Crippen LogP contribution in [0.5, 0.6) is 5.75 Å². The number of hydrogen-bond donors (Lipinski definition) is 2. The van der Waals surface area contributed by atoms with Crippen LogP contribution in [0.3, 0.4) is 0 Å². The molecule has 3 rings (SSSR count). The number of amides is 2. The molecule has 0 unspecified atom stereocenters. The van der Waals surface area contributed by atoms with Crippen molar-refractivity contribution in [3.8, 4) is 5.75 Å². The molecule has 0 saturated heterocycles. The summed E-state index contributed by atoms with van der Waals surface area (Å²) in [5.74, 6) is 0.246. The minimum atomic E-state index is -4.41. The Hall–Kier alpha value is -2.33. The lowest BCUT2D eigenvalue weighted by molar-refractivity contribution is -0.142. The molecule has 0 spiro atoms. The van der Waals surface area contributed by atoms with Crippen LogP contribution in [0.25, 0.3) is 0 Å². The average molecular weight is 542 g/mol. The number of alkyl halides is 3. The van der Waals surface area contributed by atoms with Gasteiger partial charge in [0.25, 0.3) is 0 Å². The number of nitrogens with zero attached hydrogens (tertiary/aromatic N) is 2. The number of fused-ring (bicyclic) bond motifs is 1. The lowest BCUT2D eigenvalue weighted by atomic mass is 9.89. The number of anilines is 1. The third-order valence-corrected chi connectivity index (χ3v) is 7.62. The second kappa shape index (κ2) is 13.6. The zero-order chi connectivity index (χ0) is 27.9. The van der Waals surface area contributed by atoms with Crippen LogP contribution in [0.1, 0.15) is 64.4 Å². The quantitative estimate of drug-likeness (QED) is 0.477. The molecular weight excluding hydrogens is 499 g/mol. The van der Waals surface area contributed by atoms with Crippen LogP contribution in [-0.2, 0) is 16.0 Å². The van der Waals surface area contributed by atoms with Crippen molar-refractivity contribution in [1.29, 1.82) is 0 Å². The summed E-state index contributed by atoms with van der Waals surface area (Å²) in [6.07, 6.45) is -0.206. The second-order valence-corrected chi connectivity index (χ2v) is 11.1. The summed E-state index contributed by atoms with van der Waals surface area (Å²) < 4.78 is 44.0. The van der Waals surface area contributed by atoms with Crippen molar-refractivity contribution in [3.05, 3.63) is 23.8 Å². The van der Waals surface area contributed by atoms with E-state index in [1.54, 1.807) is 30.0 Å². The Morgan fingerprint density at radius 3 is 2.61 bits per heavy atom. The molecule has 1 heterocycles. The normalized spacial score (nSPS) is 22.2. The van der Waals surface area contributed by atoms with Crippen molar-refractivity contribution < 1.29 is 32.6 Å². The lowest BCUT2D eigenvalue weighted by Crippen LogP contribution is -2.48. The Bertz CT molecular complexity index is 936. The van der Waals surface area contributed by atoms with Gasteiger partial charge in [-0.25, -0.2) is 0 Å². The van der Waals surface area contributed by atoms with E-state index >= 15 is 0 Å². The molecule has 1 aliphatic carbocycles. The van der Waals surface area contributed by atoms with Gasteiger partial charge in [0.05, 0.1) is 25.5 Å². The van der Waals surface area contributed by atoms with Crippen molar-refractivity contribution in [1.82, 2.24) is 9.80 Å². The van der Waals surface area contributed by atoms with E-state index in [1.807, 2.05) is 6.92 Å². The van der Waals surface area contributed by atoms with E-state index in [0.717, 1.165) is 6.54 Å². The highest BCUT2D eigenvalue weighted by Gasteiger charge is 2.32. The van der Waals surface area contributed by atoms with E-state index in [1.165, 1.54) is 32.1 Å². The molecule has 0 radical (unpaired) electrons. The minimum Gasteiger partial charge on any atom is -0.488 e. The first-order valence-electron chi connectivity index (χ1n) is 13.7. The fraction of sp³-hybridized carbons (Fsp3) is 0.714. The van der Waals surface area contributed by atoms with Crippen molar-refractivity contribution in [2.24, 2.45) is 11.8 Å². The molecule has 0 aromatic heterocycles. The third-order valence-electron chi connectivity index (χ3n) is 7.62. The van der Waals surface area contributed by atoms with Crippen molar-refractivity contribution in [2.45, 2.75) is 83.5 Å². The number of benzene rings is 1. The Morgan fingerprint density at radius 2 is 1.95 bits per heavy atom. The summed E-state index contributed by atoms with van der Waals surface area (Å²) in [4.78, 5) is 29.4. The molecule has 0 bridgehead atoms. The molecule has 10 heteroatoms. The highest BCUT2D eigenvalue weighted by atomic mass is 19.4. The van der Waals surface area contributed by atoms with E-state index in [9.17, 15) is 27.9 Å². The molecule has 1 aromatic rings. The first kappa shape index (κ1) is 30.2. The molecule has 1 fully saturated rings. The maximum Gasteiger partial charge on any atom is 0.389 e. The fourth-order valence-electron chi connectivity index (χ4n) is 5.40. The second-order valence-electron chi connectivity index (χ2n) is 11.1. The van der Waals surface area contributed by atoms with E-state index < -0.39 is 24.9 Å². The molecule has 7 nitrogen and oxygen atoms in total. The fourth-order valence-corrected chi connectivity index (χ4v) is 5.40. The van der Waals surface area contributed by atoms with E-state index in [2.05, 4.69) is 17.3 Å². The smallest absolute Gasteiger partial charge is 0.389 e. The van der Waals surface area contributed by atoms with Gasteiger partial charge >= 0.3 is 6.18 Å². The summed E-state index contributed by atoms with van der Waals surface area (Å²) in [7, 11) is 2.09. The van der Waals surface area contributed by atoms with Crippen LogP contribution >= 0.6 is 0 Å². The van der Waals surface area contributed by atoms with Gasteiger partial charge in [-0.1, -0.05) is 26.2 Å². The number of likely N-dealkylation sites (N-methyl/N-ethyl adjacent to an activating group) is 1. The predicted octanol–water partition coefficient (Wildman–Crippen LogP) is 4.63. The van der Waals surface area contributed by atoms with Crippen molar-refractivity contribution in [2.75, 3.05) is 38.6 Å². The van der Waals surface area contributed by atoms with Crippen LogP contribution in [0.4, 0.5) is 18.9 Å². The molecular formula is C28H42F3N3O4. The SMILES string of the molecule is C[C@@H]1CN([C@@H](C)CO)C(=O)Cc2cc(NC(=O)CCC(F)(F)F)ccc2O[C@@H]1CN(C)CC1CCCCC1. The topological polar surface area (TPSA) is 82.1 Å². The van der Waals surface area contributed by atoms with Gasteiger partial charge in [0.1, 0.15) is 11.9 Å². The number of rotatable bonds is 9. The number of aliphatic hydroxyl groups excluding tert-OH is 1. The number of nitrogens with one attached hydrogen (secondary N) is 1. The molecule has 214 valence electrons. The van der Waals surface area contributed by atoms with Crippen LogP contribution in [0.2, 0.25) is 0 Å². The highest BCUT2D eigenvalue weighted by molar-refractivity contribution is 5.91. The molecule has 38 heavy (non-hydrogen) atoms. The maximum atomic E-state index is 13.3. The Morgan fingerprint density at radius 1 is 1.24 bits per heavy atom. The van der Waals surface area contributed by atoms with Gasteiger partial charge < -0.3 is 25.0 Å². The van der Waals surface area contributed by atoms with E-state index in [0.29, 0.717) is 36.0 Å². The van der Waals surface area contributed by atoms with Crippen molar-refractivity contribution >= 4 is 17.5 Å². The number of ether oxygens (including phenoxy) is 1. The van der Waals surface area contributed by atoms with Gasteiger partial charge in [0, 0.05) is 43.2 Å².